The highest BCUT2D eigenvalue weighted by atomic mass is 16.1. The van der Waals surface area contributed by atoms with Crippen molar-refractivity contribution in [3.05, 3.63) is 64.1 Å². The maximum atomic E-state index is 12.5. The predicted molar refractivity (Wildman–Crippen MR) is 94.5 cm³/mol. The SMILES string of the molecule is Cc1cc(C(=O)NC2CCCCC2N)ccc1-n1ccccc1=O. The lowest BCUT2D eigenvalue weighted by Crippen LogP contribution is -2.49. The molecule has 0 spiro atoms. The zero-order valence-corrected chi connectivity index (χ0v) is 13.9. The maximum Gasteiger partial charge on any atom is 0.255 e. The number of hydrogen-bond donors (Lipinski definition) is 2. The van der Waals surface area contributed by atoms with Crippen molar-refractivity contribution in [2.45, 2.75) is 44.7 Å². The second-order valence-electron chi connectivity index (χ2n) is 6.44. The molecule has 1 heterocycles. The standard InChI is InChI=1S/C19H23N3O2/c1-13-12-14(19(24)21-16-7-3-2-6-15(16)20)9-10-17(13)22-11-5-4-8-18(22)23/h4-5,8-12,15-16H,2-3,6-7,20H2,1H3,(H,21,24). The molecule has 3 rings (SSSR count). The number of carbonyl (C=O) groups is 1. The first-order chi connectivity index (χ1) is 11.6. The van der Waals surface area contributed by atoms with E-state index in [9.17, 15) is 9.59 Å². The highest BCUT2D eigenvalue weighted by molar-refractivity contribution is 5.95. The number of amides is 1. The van der Waals surface area contributed by atoms with Gasteiger partial charge in [-0.15, -0.1) is 0 Å². The van der Waals surface area contributed by atoms with Crippen molar-refractivity contribution in [2.24, 2.45) is 5.73 Å². The number of nitrogens with zero attached hydrogens (tertiary/aromatic N) is 1. The largest absolute Gasteiger partial charge is 0.348 e. The van der Waals surface area contributed by atoms with Crippen LogP contribution in [0.4, 0.5) is 0 Å². The molecular weight excluding hydrogens is 302 g/mol. The van der Waals surface area contributed by atoms with Crippen LogP contribution in [0.3, 0.4) is 0 Å². The molecule has 3 N–H and O–H groups in total. The molecule has 2 aromatic rings. The van der Waals surface area contributed by atoms with Crippen LogP contribution in [-0.2, 0) is 0 Å². The van der Waals surface area contributed by atoms with E-state index >= 15 is 0 Å². The highest BCUT2D eigenvalue weighted by Crippen LogP contribution is 2.18. The number of rotatable bonds is 3. The molecule has 1 amide bonds. The summed E-state index contributed by atoms with van der Waals surface area (Å²) in [5.41, 5.74) is 8.27. The lowest BCUT2D eigenvalue weighted by atomic mass is 9.91. The summed E-state index contributed by atoms with van der Waals surface area (Å²) in [6.45, 7) is 1.90. The number of aromatic nitrogens is 1. The van der Waals surface area contributed by atoms with Crippen molar-refractivity contribution in [2.75, 3.05) is 0 Å². The van der Waals surface area contributed by atoms with E-state index in [2.05, 4.69) is 5.32 Å². The fourth-order valence-corrected chi connectivity index (χ4v) is 3.28. The van der Waals surface area contributed by atoms with Gasteiger partial charge in [-0.3, -0.25) is 14.2 Å². The Morgan fingerprint density at radius 3 is 2.71 bits per heavy atom. The van der Waals surface area contributed by atoms with Crippen molar-refractivity contribution in [3.8, 4) is 5.69 Å². The summed E-state index contributed by atoms with van der Waals surface area (Å²) in [5.74, 6) is -0.104. The third kappa shape index (κ3) is 3.41. The molecule has 2 atom stereocenters. The molecule has 1 aliphatic rings. The van der Waals surface area contributed by atoms with Gasteiger partial charge in [-0.1, -0.05) is 18.9 Å². The number of aryl methyl sites for hydroxylation is 1. The Bertz CT molecular complexity index is 797. The molecule has 126 valence electrons. The van der Waals surface area contributed by atoms with Gasteiger partial charge >= 0.3 is 0 Å². The Balaban J connectivity index is 1.80. The first-order valence-electron chi connectivity index (χ1n) is 8.41. The average molecular weight is 325 g/mol. The zero-order chi connectivity index (χ0) is 17.1. The minimum atomic E-state index is -0.104. The molecule has 1 aliphatic carbocycles. The number of pyridine rings is 1. The van der Waals surface area contributed by atoms with E-state index in [1.54, 1.807) is 22.9 Å². The van der Waals surface area contributed by atoms with Gasteiger partial charge < -0.3 is 11.1 Å². The normalized spacial score (nSPS) is 20.6. The number of benzene rings is 1. The Morgan fingerprint density at radius 2 is 2.00 bits per heavy atom. The fourth-order valence-electron chi connectivity index (χ4n) is 3.28. The minimum Gasteiger partial charge on any atom is -0.348 e. The molecule has 2 unspecified atom stereocenters. The molecule has 1 aromatic carbocycles. The average Bonchev–Trinajstić information content (AvgIpc) is 2.57. The van der Waals surface area contributed by atoms with Crippen LogP contribution in [0.2, 0.25) is 0 Å². The molecule has 1 saturated carbocycles. The van der Waals surface area contributed by atoms with E-state index in [4.69, 9.17) is 5.73 Å². The van der Waals surface area contributed by atoms with Crippen LogP contribution in [0.25, 0.3) is 5.69 Å². The van der Waals surface area contributed by atoms with E-state index in [0.717, 1.165) is 36.9 Å². The lowest BCUT2D eigenvalue weighted by Gasteiger charge is -2.29. The second-order valence-corrected chi connectivity index (χ2v) is 6.44. The molecule has 0 saturated heterocycles. The van der Waals surface area contributed by atoms with Gasteiger partial charge in [0.05, 0.1) is 5.69 Å². The van der Waals surface area contributed by atoms with Crippen molar-refractivity contribution in [1.82, 2.24) is 9.88 Å². The monoisotopic (exact) mass is 325 g/mol. The summed E-state index contributed by atoms with van der Waals surface area (Å²) in [4.78, 5) is 24.4. The van der Waals surface area contributed by atoms with E-state index < -0.39 is 0 Å². The summed E-state index contributed by atoms with van der Waals surface area (Å²) in [5, 5.41) is 3.05. The summed E-state index contributed by atoms with van der Waals surface area (Å²) in [6.07, 6.45) is 5.86. The number of nitrogens with one attached hydrogen (secondary N) is 1. The van der Waals surface area contributed by atoms with E-state index in [1.165, 1.54) is 6.07 Å². The lowest BCUT2D eigenvalue weighted by molar-refractivity contribution is 0.0921. The van der Waals surface area contributed by atoms with Crippen LogP contribution in [-0.4, -0.2) is 22.6 Å². The summed E-state index contributed by atoms with van der Waals surface area (Å²) >= 11 is 0. The van der Waals surface area contributed by atoms with Gasteiger partial charge in [0.1, 0.15) is 0 Å². The van der Waals surface area contributed by atoms with Crippen LogP contribution < -0.4 is 16.6 Å². The van der Waals surface area contributed by atoms with Gasteiger partial charge in [-0.2, -0.15) is 0 Å². The number of nitrogens with two attached hydrogens (primary N) is 1. The first-order valence-corrected chi connectivity index (χ1v) is 8.41. The number of hydrogen-bond acceptors (Lipinski definition) is 3. The molecule has 1 aromatic heterocycles. The van der Waals surface area contributed by atoms with Crippen molar-refractivity contribution in [3.63, 3.8) is 0 Å². The fraction of sp³-hybridized carbons (Fsp3) is 0.368. The third-order valence-corrected chi connectivity index (χ3v) is 4.68. The quantitative estimate of drug-likeness (QED) is 0.908. The first kappa shape index (κ1) is 16.5. The van der Waals surface area contributed by atoms with E-state index in [-0.39, 0.29) is 23.6 Å². The van der Waals surface area contributed by atoms with Crippen LogP contribution >= 0.6 is 0 Å². The number of carbonyl (C=O) groups excluding carboxylic acids is 1. The predicted octanol–water partition coefficient (Wildman–Crippen LogP) is 2.15. The Labute approximate surface area is 141 Å². The van der Waals surface area contributed by atoms with E-state index in [0.29, 0.717) is 5.56 Å². The van der Waals surface area contributed by atoms with Gasteiger partial charge in [0.15, 0.2) is 0 Å². The smallest absolute Gasteiger partial charge is 0.255 e. The molecule has 24 heavy (non-hydrogen) atoms. The third-order valence-electron chi connectivity index (χ3n) is 4.68. The van der Waals surface area contributed by atoms with Crippen LogP contribution in [0.1, 0.15) is 41.6 Å². The van der Waals surface area contributed by atoms with Gasteiger partial charge in [-0.05, 0) is 49.6 Å². The topological polar surface area (TPSA) is 77.1 Å². The minimum absolute atomic E-state index is 0.0333. The summed E-state index contributed by atoms with van der Waals surface area (Å²) in [6, 6.07) is 10.5. The van der Waals surface area contributed by atoms with Gasteiger partial charge in [-0.25, -0.2) is 0 Å². The Kier molecular flexibility index (Phi) is 4.81. The molecule has 5 nitrogen and oxygen atoms in total. The summed E-state index contributed by atoms with van der Waals surface area (Å²) in [7, 11) is 0. The van der Waals surface area contributed by atoms with Crippen LogP contribution in [0.5, 0.6) is 0 Å². The zero-order valence-electron chi connectivity index (χ0n) is 13.9. The molecule has 0 aliphatic heterocycles. The second kappa shape index (κ2) is 7.01. The molecule has 0 radical (unpaired) electrons. The molecule has 5 heteroatoms. The summed E-state index contributed by atoms with van der Waals surface area (Å²) < 4.78 is 1.58. The van der Waals surface area contributed by atoms with Crippen LogP contribution in [0.15, 0.2) is 47.4 Å². The Hall–Kier alpha value is -2.40. The van der Waals surface area contributed by atoms with Crippen molar-refractivity contribution >= 4 is 5.91 Å². The molecule has 1 fully saturated rings. The van der Waals surface area contributed by atoms with Gasteiger partial charge in [0.25, 0.3) is 11.5 Å². The molecular formula is C19H23N3O2. The maximum absolute atomic E-state index is 12.5. The van der Waals surface area contributed by atoms with Gasteiger partial charge in [0, 0.05) is 29.9 Å². The van der Waals surface area contributed by atoms with Crippen molar-refractivity contribution < 1.29 is 4.79 Å². The van der Waals surface area contributed by atoms with Crippen molar-refractivity contribution in [1.29, 1.82) is 0 Å². The van der Waals surface area contributed by atoms with Gasteiger partial charge in [0.2, 0.25) is 0 Å². The van der Waals surface area contributed by atoms with Crippen LogP contribution in [0, 0.1) is 6.92 Å². The Morgan fingerprint density at radius 1 is 1.21 bits per heavy atom. The molecule has 0 bridgehead atoms. The van der Waals surface area contributed by atoms with E-state index in [1.807, 2.05) is 25.1 Å². The highest BCUT2D eigenvalue weighted by Gasteiger charge is 2.23.